The number of carboxylic acids is 1. The predicted molar refractivity (Wildman–Crippen MR) is 73.0 cm³/mol. The van der Waals surface area contributed by atoms with Gasteiger partial charge in [0.2, 0.25) is 0 Å². The lowest BCUT2D eigenvalue weighted by Crippen LogP contribution is -2.42. The number of carboxylic acid groups (broad SMARTS) is 1. The van der Waals surface area contributed by atoms with E-state index in [0.717, 1.165) is 4.90 Å². The van der Waals surface area contributed by atoms with Gasteiger partial charge in [0.15, 0.2) is 0 Å². The summed E-state index contributed by atoms with van der Waals surface area (Å²) in [6, 6.07) is 3.48. The van der Waals surface area contributed by atoms with Crippen LogP contribution < -0.4 is 5.32 Å². The summed E-state index contributed by atoms with van der Waals surface area (Å²) in [6.07, 6.45) is 0. The van der Waals surface area contributed by atoms with Crippen LogP contribution in [0.1, 0.15) is 6.92 Å². The first-order valence-corrected chi connectivity index (χ1v) is 6.21. The molecule has 1 unspecified atom stereocenters. The molecule has 0 aliphatic heterocycles. The summed E-state index contributed by atoms with van der Waals surface area (Å²) in [4.78, 5) is 23.7. The Hall–Kier alpha value is -1.27. The molecule has 18 heavy (non-hydrogen) atoms. The average Bonchev–Trinajstić information content (AvgIpc) is 2.30. The van der Waals surface area contributed by atoms with E-state index in [0.29, 0.717) is 15.2 Å². The Labute approximate surface area is 118 Å². The van der Waals surface area contributed by atoms with Crippen molar-refractivity contribution < 1.29 is 14.7 Å². The Bertz CT molecular complexity index is 481. The molecule has 0 aliphatic rings. The molecular weight excluding hydrogens is 323 g/mol. The summed E-state index contributed by atoms with van der Waals surface area (Å²) in [5, 5.41) is 11.9. The van der Waals surface area contributed by atoms with Crippen LogP contribution in [-0.2, 0) is 4.79 Å². The largest absolute Gasteiger partial charge is 0.480 e. The number of rotatable bonds is 3. The molecule has 0 heterocycles. The second-order valence-electron chi connectivity index (χ2n) is 3.68. The Morgan fingerprint density at radius 1 is 1.50 bits per heavy atom. The number of hydrogen-bond acceptors (Lipinski definition) is 2. The van der Waals surface area contributed by atoms with E-state index in [9.17, 15) is 9.59 Å². The van der Waals surface area contributed by atoms with Gasteiger partial charge in [-0.1, -0.05) is 11.6 Å². The lowest BCUT2D eigenvalue weighted by molar-refractivity contribution is -0.141. The zero-order chi connectivity index (χ0) is 13.9. The van der Waals surface area contributed by atoms with Crippen LogP contribution >= 0.6 is 27.5 Å². The van der Waals surface area contributed by atoms with Gasteiger partial charge in [0, 0.05) is 16.5 Å². The van der Waals surface area contributed by atoms with E-state index in [1.165, 1.54) is 14.0 Å². The molecule has 7 heteroatoms. The summed E-state index contributed by atoms with van der Waals surface area (Å²) in [5.74, 6) is -1.07. The minimum absolute atomic E-state index is 0.507. The Kier molecular flexibility index (Phi) is 4.98. The number of halogens is 2. The first-order chi connectivity index (χ1) is 8.32. The molecule has 0 saturated carbocycles. The smallest absolute Gasteiger partial charge is 0.326 e. The summed E-state index contributed by atoms with van der Waals surface area (Å²) in [6.45, 7) is 1.43. The number of hydrogen-bond donors (Lipinski definition) is 2. The van der Waals surface area contributed by atoms with E-state index in [2.05, 4.69) is 21.2 Å². The van der Waals surface area contributed by atoms with Crippen LogP contribution in [0.4, 0.5) is 10.5 Å². The van der Waals surface area contributed by atoms with Gasteiger partial charge < -0.3 is 15.3 Å². The SMILES string of the molecule is CC(C(=O)O)N(C)C(=O)Nc1ccc(Cl)cc1Br. The van der Waals surface area contributed by atoms with E-state index < -0.39 is 18.0 Å². The van der Waals surface area contributed by atoms with Crippen LogP contribution in [0, 0.1) is 0 Å². The fourth-order valence-corrected chi connectivity index (χ4v) is 1.92. The molecular formula is C11H12BrClN2O3. The van der Waals surface area contributed by atoms with E-state index in [1.807, 2.05) is 0 Å². The van der Waals surface area contributed by atoms with Crippen molar-refractivity contribution in [2.45, 2.75) is 13.0 Å². The number of aliphatic carboxylic acids is 1. The van der Waals surface area contributed by atoms with Gasteiger partial charge in [-0.05, 0) is 41.1 Å². The number of amides is 2. The minimum atomic E-state index is -1.07. The van der Waals surface area contributed by atoms with Crippen molar-refractivity contribution in [3.63, 3.8) is 0 Å². The van der Waals surface area contributed by atoms with Crippen molar-refractivity contribution >= 4 is 45.2 Å². The number of nitrogens with zero attached hydrogens (tertiary/aromatic N) is 1. The Morgan fingerprint density at radius 2 is 2.11 bits per heavy atom. The van der Waals surface area contributed by atoms with Crippen LogP contribution in [0.15, 0.2) is 22.7 Å². The number of carbonyl (C=O) groups is 2. The maximum absolute atomic E-state index is 11.8. The lowest BCUT2D eigenvalue weighted by Gasteiger charge is -2.22. The van der Waals surface area contributed by atoms with Gasteiger partial charge in [-0.2, -0.15) is 0 Å². The van der Waals surface area contributed by atoms with Crippen molar-refractivity contribution in [1.82, 2.24) is 4.90 Å². The van der Waals surface area contributed by atoms with Gasteiger partial charge in [0.05, 0.1) is 5.69 Å². The molecule has 1 atom stereocenters. The minimum Gasteiger partial charge on any atom is -0.480 e. The van der Waals surface area contributed by atoms with Gasteiger partial charge in [0.1, 0.15) is 6.04 Å². The molecule has 0 aromatic heterocycles. The highest BCUT2D eigenvalue weighted by molar-refractivity contribution is 9.10. The van der Waals surface area contributed by atoms with E-state index in [4.69, 9.17) is 16.7 Å². The maximum atomic E-state index is 11.8. The molecule has 0 saturated heterocycles. The summed E-state index contributed by atoms with van der Waals surface area (Å²) in [7, 11) is 1.41. The normalized spacial score (nSPS) is 11.8. The molecule has 1 aromatic rings. The standard InChI is InChI=1S/C11H12BrClN2O3/c1-6(10(16)17)15(2)11(18)14-9-4-3-7(13)5-8(9)12/h3-6H,1-2H3,(H,14,18)(H,16,17). The van der Waals surface area contributed by atoms with Gasteiger partial charge in [-0.15, -0.1) is 0 Å². The van der Waals surface area contributed by atoms with Crippen LogP contribution in [-0.4, -0.2) is 35.1 Å². The molecule has 0 bridgehead atoms. The Balaban J connectivity index is 2.78. The van der Waals surface area contributed by atoms with Crippen molar-refractivity contribution in [2.75, 3.05) is 12.4 Å². The molecule has 0 spiro atoms. The molecule has 1 aromatic carbocycles. The van der Waals surface area contributed by atoms with Gasteiger partial charge in [-0.3, -0.25) is 0 Å². The fraction of sp³-hybridized carbons (Fsp3) is 0.273. The molecule has 2 amide bonds. The monoisotopic (exact) mass is 334 g/mol. The molecule has 0 fully saturated rings. The summed E-state index contributed by atoms with van der Waals surface area (Å²) in [5.41, 5.74) is 0.522. The first-order valence-electron chi connectivity index (χ1n) is 5.04. The van der Waals surface area contributed by atoms with Crippen LogP contribution in [0.5, 0.6) is 0 Å². The van der Waals surface area contributed by atoms with Crippen LogP contribution in [0.2, 0.25) is 5.02 Å². The highest BCUT2D eigenvalue weighted by atomic mass is 79.9. The van der Waals surface area contributed by atoms with Crippen molar-refractivity contribution in [1.29, 1.82) is 0 Å². The summed E-state index contributed by atoms with van der Waals surface area (Å²) >= 11 is 9.03. The number of anilines is 1. The van der Waals surface area contributed by atoms with Crippen molar-refractivity contribution in [3.8, 4) is 0 Å². The van der Waals surface area contributed by atoms with Crippen molar-refractivity contribution in [3.05, 3.63) is 27.7 Å². The van der Waals surface area contributed by atoms with Gasteiger partial charge in [0.25, 0.3) is 0 Å². The fourth-order valence-electron chi connectivity index (χ4n) is 1.14. The zero-order valence-corrected chi connectivity index (χ0v) is 12.1. The quantitative estimate of drug-likeness (QED) is 0.892. The molecule has 1 rings (SSSR count). The number of benzene rings is 1. The lowest BCUT2D eigenvalue weighted by atomic mass is 10.3. The zero-order valence-electron chi connectivity index (χ0n) is 9.78. The second-order valence-corrected chi connectivity index (χ2v) is 4.97. The van der Waals surface area contributed by atoms with Crippen LogP contribution in [0.3, 0.4) is 0 Å². The predicted octanol–water partition coefficient (Wildman–Crippen LogP) is 3.04. The first kappa shape index (κ1) is 14.8. The van der Waals surface area contributed by atoms with E-state index in [1.54, 1.807) is 18.2 Å². The molecule has 0 aliphatic carbocycles. The van der Waals surface area contributed by atoms with Crippen molar-refractivity contribution in [2.24, 2.45) is 0 Å². The average molecular weight is 336 g/mol. The van der Waals surface area contributed by atoms with Crippen LogP contribution in [0.25, 0.3) is 0 Å². The topological polar surface area (TPSA) is 69.6 Å². The third-order valence-corrected chi connectivity index (χ3v) is 3.32. The third-order valence-electron chi connectivity index (χ3n) is 2.43. The molecule has 2 N–H and O–H groups in total. The number of carbonyl (C=O) groups excluding carboxylic acids is 1. The highest BCUT2D eigenvalue weighted by Gasteiger charge is 2.21. The molecule has 0 radical (unpaired) electrons. The maximum Gasteiger partial charge on any atom is 0.326 e. The second kappa shape index (κ2) is 6.06. The summed E-state index contributed by atoms with van der Waals surface area (Å²) < 4.78 is 0.625. The Morgan fingerprint density at radius 3 is 2.61 bits per heavy atom. The molecule has 5 nitrogen and oxygen atoms in total. The van der Waals surface area contributed by atoms with E-state index in [-0.39, 0.29) is 0 Å². The number of urea groups is 1. The van der Waals surface area contributed by atoms with Gasteiger partial charge >= 0.3 is 12.0 Å². The third kappa shape index (κ3) is 3.61. The van der Waals surface area contributed by atoms with E-state index >= 15 is 0 Å². The molecule has 98 valence electrons. The highest BCUT2D eigenvalue weighted by Crippen LogP contribution is 2.26. The number of likely N-dealkylation sites (N-methyl/N-ethyl adjacent to an activating group) is 1. The number of nitrogens with one attached hydrogen (secondary N) is 1. The van der Waals surface area contributed by atoms with Gasteiger partial charge in [-0.25, -0.2) is 9.59 Å².